The number of rotatable bonds is 0. The van der Waals surface area contributed by atoms with E-state index in [1.807, 2.05) is 24.3 Å². The van der Waals surface area contributed by atoms with Crippen molar-refractivity contribution in [1.82, 2.24) is 0 Å². The summed E-state index contributed by atoms with van der Waals surface area (Å²) in [6, 6.07) is 11.2. The van der Waals surface area contributed by atoms with E-state index in [9.17, 15) is 4.79 Å². The lowest BCUT2D eigenvalue weighted by Crippen LogP contribution is -2.01. The Kier molecular flexibility index (Phi) is 5.03. The summed E-state index contributed by atoms with van der Waals surface area (Å²) >= 11 is 0. The second kappa shape index (κ2) is 5.93. The van der Waals surface area contributed by atoms with Gasteiger partial charge in [-0.15, -0.1) is 0 Å². The average Bonchev–Trinajstić information content (AvgIpc) is 2.05. The van der Waals surface area contributed by atoms with Crippen molar-refractivity contribution in [3.63, 3.8) is 0 Å². The summed E-state index contributed by atoms with van der Waals surface area (Å²) < 4.78 is 0. The van der Waals surface area contributed by atoms with Gasteiger partial charge in [0.1, 0.15) is 0 Å². The van der Waals surface area contributed by atoms with Crippen molar-refractivity contribution in [2.75, 3.05) is 0 Å². The van der Waals surface area contributed by atoms with Crippen LogP contribution in [0.2, 0.25) is 0 Å². The van der Waals surface area contributed by atoms with E-state index in [-0.39, 0.29) is 5.91 Å². The first kappa shape index (κ1) is 10.2. The monoisotopic (exact) mass is 162 g/mol. The lowest BCUT2D eigenvalue weighted by Gasteiger charge is -1.80. The van der Waals surface area contributed by atoms with Crippen LogP contribution in [0.3, 0.4) is 0 Å². The molecule has 0 aromatic heterocycles. The highest BCUT2D eigenvalue weighted by Crippen LogP contribution is 1.92. The summed E-state index contributed by atoms with van der Waals surface area (Å²) in [4.78, 5) is 9.22. The number of nitrogens with two attached hydrogens (primary N) is 1. The van der Waals surface area contributed by atoms with Gasteiger partial charge < -0.3 is 5.73 Å². The van der Waals surface area contributed by atoms with E-state index in [0.717, 1.165) is 0 Å². The molecular weight excluding hydrogens is 152 g/mol. The lowest BCUT2D eigenvalue weighted by molar-refractivity contribution is -0.115. The number of hydrogen-bond acceptors (Lipinski definition) is 2. The fourth-order valence-electron chi connectivity index (χ4n) is 0.513. The molecule has 1 rings (SSSR count). The van der Waals surface area contributed by atoms with Crippen LogP contribution in [0.1, 0.15) is 12.5 Å². The van der Waals surface area contributed by atoms with Crippen LogP contribution in [-0.2, 0) is 4.79 Å². The molecule has 1 aromatic carbocycles. The summed E-state index contributed by atoms with van der Waals surface area (Å²) in [6.45, 7) is 1.31. The quantitative estimate of drug-likeness (QED) is 0.619. The molecule has 0 fully saturated rings. The number of nitriles is 1. The molecule has 12 heavy (non-hydrogen) atoms. The van der Waals surface area contributed by atoms with Crippen molar-refractivity contribution in [2.45, 2.75) is 6.92 Å². The van der Waals surface area contributed by atoms with Gasteiger partial charge in [-0.3, -0.25) is 4.79 Å². The van der Waals surface area contributed by atoms with E-state index < -0.39 is 0 Å². The molecule has 62 valence electrons. The van der Waals surface area contributed by atoms with Crippen molar-refractivity contribution >= 4 is 5.91 Å². The Bertz CT molecular complexity index is 270. The third-order valence-electron chi connectivity index (χ3n) is 0.903. The Labute approximate surface area is 71.4 Å². The highest BCUT2D eigenvalue weighted by Gasteiger charge is 1.79. The molecule has 0 aliphatic rings. The minimum atomic E-state index is -0.333. The van der Waals surface area contributed by atoms with Crippen LogP contribution in [0.4, 0.5) is 0 Å². The summed E-state index contributed by atoms with van der Waals surface area (Å²) in [5.74, 6) is -0.333. The third kappa shape index (κ3) is 6.30. The SMILES string of the molecule is CC(N)=O.N#Cc1ccccc1. The minimum Gasteiger partial charge on any atom is -0.370 e. The molecule has 1 aromatic rings. The summed E-state index contributed by atoms with van der Waals surface area (Å²) in [5.41, 5.74) is 5.19. The van der Waals surface area contributed by atoms with Crippen molar-refractivity contribution in [3.8, 4) is 6.07 Å². The number of primary amides is 1. The number of carbonyl (C=O) groups excluding carboxylic acids is 1. The van der Waals surface area contributed by atoms with Gasteiger partial charge in [0.05, 0.1) is 11.6 Å². The molecule has 3 nitrogen and oxygen atoms in total. The van der Waals surface area contributed by atoms with Gasteiger partial charge in [0.15, 0.2) is 0 Å². The van der Waals surface area contributed by atoms with Gasteiger partial charge in [0, 0.05) is 6.92 Å². The highest BCUT2D eigenvalue weighted by molar-refractivity contribution is 5.70. The van der Waals surface area contributed by atoms with Crippen LogP contribution in [-0.4, -0.2) is 5.91 Å². The van der Waals surface area contributed by atoms with Gasteiger partial charge in [-0.2, -0.15) is 5.26 Å². The van der Waals surface area contributed by atoms with Crippen LogP contribution >= 0.6 is 0 Å². The Hall–Kier alpha value is -1.82. The Morgan fingerprint density at radius 1 is 1.42 bits per heavy atom. The summed E-state index contributed by atoms with van der Waals surface area (Å²) in [5, 5.41) is 8.29. The van der Waals surface area contributed by atoms with Crippen LogP contribution in [0.5, 0.6) is 0 Å². The maximum absolute atomic E-state index is 9.22. The maximum atomic E-state index is 9.22. The van der Waals surface area contributed by atoms with E-state index in [0.29, 0.717) is 5.56 Å². The molecule has 0 aliphatic carbocycles. The van der Waals surface area contributed by atoms with Crippen molar-refractivity contribution in [3.05, 3.63) is 35.9 Å². The van der Waals surface area contributed by atoms with E-state index >= 15 is 0 Å². The maximum Gasteiger partial charge on any atom is 0.214 e. The molecule has 0 saturated carbocycles. The minimum absolute atomic E-state index is 0.333. The lowest BCUT2D eigenvalue weighted by atomic mass is 10.2. The second-order valence-electron chi connectivity index (χ2n) is 2.09. The average molecular weight is 162 g/mol. The molecule has 0 aliphatic heterocycles. The molecule has 0 atom stereocenters. The fourth-order valence-corrected chi connectivity index (χ4v) is 0.513. The van der Waals surface area contributed by atoms with E-state index in [2.05, 4.69) is 5.73 Å². The third-order valence-corrected chi connectivity index (χ3v) is 0.903. The van der Waals surface area contributed by atoms with E-state index in [1.165, 1.54) is 6.92 Å². The smallest absolute Gasteiger partial charge is 0.214 e. The first-order valence-corrected chi connectivity index (χ1v) is 3.38. The first-order chi connectivity index (χ1) is 5.66. The van der Waals surface area contributed by atoms with Gasteiger partial charge in [0.2, 0.25) is 5.91 Å². The largest absolute Gasteiger partial charge is 0.370 e. The molecule has 1 amide bonds. The molecule has 3 heteroatoms. The van der Waals surface area contributed by atoms with Gasteiger partial charge in [-0.05, 0) is 12.1 Å². The van der Waals surface area contributed by atoms with E-state index in [4.69, 9.17) is 5.26 Å². The number of benzene rings is 1. The summed E-state index contributed by atoms with van der Waals surface area (Å²) in [6.07, 6.45) is 0. The van der Waals surface area contributed by atoms with Crippen LogP contribution in [0.15, 0.2) is 30.3 Å². The van der Waals surface area contributed by atoms with Gasteiger partial charge in [0.25, 0.3) is 0 Å². The Morgan fingerprint density at radius 3 is 2.08 bits per heavy atom. The van der Waals surface area contributed by atoms with Crippen molar-refractivity contribution < 1.29 is 4.79 Å². The zero-order chi connectivity index (χ0) is 9.40. The number of amides is 1. The zero-order valence-corrected chi connectivity index (χ0v) is 6.82. The highest BCUT2D eigenvalue weighted by atomic mass is 16.1. The van der Waals surface area contributed by atoms with E-state index in [1.54, 1.807) is 12.1 Å². The van der Waals surface area contributed by atoms with Gasteiger partial charge in [-0.25, -0.2) is 0 Å². The molecule has 0 bridgehead atoms. The van der Waals surface area contributed by atoms with Crippen LogP contribution in [0, 0.1) is 11.3 Å². The van der Waals surface area contributed by atoms with Crippen LogP contribution < -0.4 is 5.73 Å². The normalized spacial score (nSPS) is 7.33. The van der Waals surface area contributed by atoms with Crippen molar-refractivity contribution in [2.24, 2.45) is 5.73 Å². The second-order valence-corrected chi connectivity index (χ2v) is 2.09. The number of hydrogen-bond donors (Lipinski definition) is 1. The molecule has 0 radical (unpaired) electrons. The fraction of sp³-hybridized carbons (Fsp3) is 0.111. The van der Waals surface area contributed by atoms with Gasteiger partial charge in [-0.1, -0.05) is 18.2 Å². The van der Waals surface area contributed by atoms with Crippen LogP contribution in [0.25, 0.3) is 0 Å². The molecule has 0 saturated heterocycles. The molecule has 0 heterocycles. The Morgan fingerprint density at radius 2 is 1.83 bits per heavy atom. The number of nitrogens with zero attached hydrogens (tertiary/aromatic N) is 1. The predicted molar refractivity (Wildman–Crippen MR) is 46.0 cm³/mol. The standard InChI is InChI=1S/C7H5N.C2H5NO/c8-6-7-4-2-1-3-5-7;1-2(3)4/h1-5H;1H3,(H2,3,4). The Balaban J connectivity index is 0.000000261. The van der Waals surface area contributed by atoms with Gasteiger partial charge >= 0.3 is 0 Å². The molecular formula is C9H10N2O. The number of carbonyl (C=O) groups is 1. The molecule has 0 unspecified atom stereocenters. The van der Waals surface area contributed by atoms with Crippen molar-refractivity contribution in [1.29, 1.82) is 5.26 Å². The topological polar surface area (TPSA) is 66.9 Å². The predicted octanol–water partition coefficient (Wildman–Crippen LogP) is 1.05. The first-order valence-electron chi connectivity index (χ1n) is 3.38. The molecule has 0 spiro atoms. The summed E-state index contributed by atoms with van der Waals surface area (Å²) in [7, 11) is 0. The molecule has 2 N–H and O–H groups in total. The zero-order valence-electron chi connectivity index (χ0n) is 6.82.